The summed E-state index contributed by atoms with van der Waals surface area (Å²) in [5, 5.41) is 12.1. The van der Waals surface area contributed by atoms with E-state index in [9.17, 15) is 4.79 Å². The summed E-state index contributed by atoms with van der Waals surface area (Å²) < 4.78 is 5.25. The van der Waals surface area contributed by atoms with Crippen molar-refractivity contribution >= 4 is 29.0 Å². The Labute approximate surface area is 180 Å². The molecule has 0 spiro atoms. The molecule has 1 fully saturated rings. The normalized spacial score (nSPS) is 13.7. The van der Waals surface area contributed by atoms with E-state index in [-0.39, 0.29) is 5.91 Å². The fraction of sp³-hybridized carbons (Fsp3) is 0.261. The number of nitrogens with zero attached hydrogens (tertiary/aromatic N) is 3. The zero-order valence-corrected chi connectivity index (χ0v) is 17.5. The second-order valence-corrected chi connectivity index (χ2v) is 7.64. The van der Waals surface area contributed by atoms with Crippen LogP contribution >= 0.6 is 11.6 Å². The van der Waals surface area contributed by atoms with Gasteiger partial charge in [-0.2, -0.15) is 0 Å². The first-order chi connectivity index (χ1) is 14.6. The minimum Gasteiger partial charge on any atom is -0.496 e. The summed E-state index contributed by atoms with van der Waals surface area (Å²) in [6.07, 6.45) is 3.70. The highest BCUT2D eigenvalue weighted by atomic mass is 35.5. The van der Waals surface area contributed by atoms with Gasteiger partial charge in [-0.1, -0.05) is 23.7 Å². The molecule has 0 unspecified atom stereocenters. The van der Waals surface area contributed by atoms with Crippen molar-refractivity contribution in [1.82, 2.24) is 10.2 Å². The predicted molar refractivity (Wildman–Crippen MR) is 119 cm³/mol. The lowest BCUT2D eigenvalue weighted by molar-refractivity contribution is 0.102. The molecule has 4 rings (SSSR count). The number of anilines is 2. The maximum absolute atomic E-state index is 12.6. The maximum Gasteiger partial charge on any atom is 0.259 e. The minimum absolute atomic E-state index is 0.284. The van der Waals surface area contributed by atoms with Crippen molar-refractivity contribution in [1.29, 1.82) is 0 Å². The van der Waals surface area contributed by atoms with Crippen molar-refractivity contribution in [2.24, 2.45) is 0 Å². The molecule has 0 atom stereocenters. The Kier molecular flexibility index (Phi) is 6.14. The Hall–Kier alpha value is -3.12. The molecule has 1 saturated heterocycles. The SMILES string of the molecule is COc1ccc(Cl)cc1C(=O)Nc1ccc(-c2ccc(N3CCCCC3)nn2)cc1. The summed E-state index contributed by atoms with van der Waals surface area (Å²) in [4.78, 5) is 14.9. The van der Waals surface area contributed by atoms with Crippen molar-refractivity contribution in [2.75, 3.05) is 30.4 Å². The maximum atomic E-state index is 12.6. The van der Waals surface area contributed by atoms with E-state index in [0.29, 0.717) is 22.0 Å². The van der Waals surface area contributed by atoms with Crippen LogP contribution in [0.15, 0.2) is 54.6 Å². The average Bonchev–Trinajstić information content (AvgIpc) is 2.80. The number of halogens is 1. The van der Waals surface area contributed by atoms with Crippen LogP contribution in [0.2, 0.25) is 5.02 Å². The highest BCUT2D eigenvalue weighted by Gasteiger charge is 2.14. The van der Waals surface area contributed by atoms with Gasteiger partial charge in [-0.15, -0.1) is 10.2 Å². The van der Waals surface area contributed by atoms with Crippen LogP contribution in [0.3, 0.4) is 0 Å². The third-order valence-electron chi connectivity index (χ3n) is 5.18. The highest BCUT2D eigenvalue weighted by molar-refractivity contribution is 6.31. The number of carbonyl (C=O) groups excluding carboxylic acids is 1. The van der Waals surface area contributed by atoms with Crippen LogP contribution in [0.5, 0.6) is 5.75 Å². The number of hydrogen-bond acceptors (Lipinski definition) is 5. The van der Waals surface area contributed by atoms with Crippen molar-refractivity contribution in [3.8, 4) is 17.0 Å². The van der Waals surface area contributed by atoms with Crippen LogP contribution in [0.25, 0.3) is 11.3 Å². The van der Waals surface area contributed by atoms with Crippen LogP contribution in [0.1, 0.15) is 29.6 Å². The van der Waals surface area contributed by atoms with E-state index in [0.717, 1.165) is 30.2 Å². The van der Waals surface area contributed by atoms with Gasteiger partial charge in [-0.3, -0.25) is 4.79 Å². The van der Waals surface area contributed by atoms with E-state index < -0.39 is 0 Å². The topological polar surface area (TPSA) is 67.3 Å². The number of hydrogen-bond donors (Lipinski definition) is 1. The van der Waals surface area contributed by atoms with Gasteiger partial charge < -0.3 is 15.0 Å². The number of methoxy groups -OCH3 is 1. The van der Waals surface area contributed by atoms with Crippen LogP contribution in [0.4, 0.5) is 11.5 Å². The van der Waals surface area contributed by atoms with E-state index in [1.807, 2.05) is 36.4 Å². The lowest BCUT2D eigenvalue weighted by Crippen LogP contribution is -2.30. The fourth-order valence-corrected chi connectivity index (χ4v) is 3.72. The van der Waals surface area contributed by atoms with Gasteiger partial charge in [0.05, 0.1) is 18.4 Å². The van der Waals surface area contributed by atoms with Gasteiger partial charge in [-0.05, 0) is 61.7 Å². The summed E-state index contributed by atoms with van der Waals surface area (Å²) >= 11 is 6.02. The van der Waals surface area contributed by atoms with Crippen molar-refractivity contribution in [3.05, 3.63) is 65.2 Å². The smallest absolute Gasteiger partial charge is 0.259 e. The van der Waals surface area contributed by atoms with Gasteiger partial charge in [-0.25, -0.2) is 0 Å². The second kappa shape index (κ2) is 9.13. The molecule has 1 aliphatic heterocycles. The van der Waals surface area contributed by atoms with E-state index in [1.165, 1.54) is 26.4 Å². The van der Waals surface area contributed by atoms with Gasteiger partial charge in [0.25, 0.3) is 5.91 Å². The standard InChI is InChI=1S/C23H23ClN4O2/c1-30-21-11-7-17(24)15-19(21)23(29)25-18-8-5-16(6-9-18)20-10-12-22(27-26-20)28-13-3-2-4-14-28/h5-12,15H,2-4,13-14H2,1H3,(H,25,29). The zero-order chi connectivity index (χ0) is 20.9. The monoisotopic (exact) mass is 422 g/mol. The highest BCUT2D eigenvalue weighted by Crippen LogP contribution is 2.25. The molecule has 30 heavy (non-hydrogen) atoms. The van der Waals surface area contributed by atoms with Crippen LogP contribution in [-0.2, 0) is 0 Å². The number of carbonyl (C=O) groups is 1. The lowest BCUT2D eigenvalue weighted by Gasteiger charge is -2.27. The molecule has 1 aliphatic rings. The molecule has 1 N–H and O–H groups in total. The summed E-state index contributed by atoms with van der Waals surface area (Å²) in [6, 6.07) is 16.5. The Morgan fingerprint density at radius 1 is 1.00 bits per heavy atom. The fourth-order valence-electron chi connectivity index (χ4n) is 3.55. The molecular formula is C23H23ClN4O2. The van der Waals surface area contributed by atoms with E-state index in [4.69, 9.17) is 16.3 Å². The van der Waals surface area contributed by atoms with Gasteiger partial charge in [0.15, 0.2) is 5.82 Å². The van der Waals surface area contributed by atoms with Crippen LogP contribution < -0.4 is 15.0 Å². The summed E-state index contributed by atoms with van der Waals surface area (Å²) in [5.74, 6) is 1.11. The molecule has 2 aromatic carbocycles. The van der Waals surface area contributed by atoms with Gasteiger partial charge in [0.1, 0.15) is 5.75 Å². The largest absolute Gasteiger partial charge is 0.496 e. The lowest BCUT2D eigenvalue weighted by atomic mass is 10.1. The third-order valence-corrected chi connectivity index (χ3v) is 5.41. The first-order valence-corrected chi connectivity index (χ1v) is 10.4. The molecule has 154 valence electrons. The Balaban J connectivity index is 1.45. The summed E-state index contributed by atoms with van der Waals surface area (Å²) in [5.41, 5.74) is 2.79. The molecule has 0 bridgehead atoms. The molecule has 1 amide bonds. The molecule has 6 nitrogen and oxygen atoms in total. The molecule has 3 aromatic rings. The van der Waals surface area contributed by atoms with Crippen LogP contribution in [-0.4, -0.2) is 36.3 Å². The molecule has 0 saturated carbocycles. The van der Waals surface area contributed by atoms with Gasteiger partial charge in [0.2, 0.25) is 0 Å². The number of ether oxygens (including phenoxy) is 1. The average molecular weight is 423 g/mol. The van der Waals surface area contributed by atoms with E-state index in [1.54, 1.807) is 18.2 Å². The Morgan fingerprint density at radius 3 is 2.43 bits per heavy atom. The van der Waals surface area contributed by atoms with Crippen molar-refractivity contribution in [3.63, 3.8) is 0 Å². The summed E-state index contributed by atoms with van der Waals surface area (Å²) in [7, 11) is 1.52. The Bertz CT molecular complexity index is 1020. The summed E-state index contributed by atoms with van der Waals surface area (Å²) in [6.45, 7) is 2.08. The molecule has 0 radical (unpaired) electrons. The number of benzene rings is 2. The number of aromatic nitrogens is 2. The van der Waals surface area contributed by atoms with E-state index >= 15 is 0 Å². The number of nitrogens with one attached hydrogen (secondary N) is 1. The molecule has 7 heteroatoms. The van der Waals surface area contributed by atoms with Gasteiger partial charge in [0, 0.05) is 29.4 Å². The number of piperidine rings is 1. The van der Waals surface area contributed by atoms with Crippen molar-refractivity contribution < 1.29 is 9.53 Å². The zero-order valence-electron chi connectivity index (χ0n) is 16.8. The first-order valence-electron chi connectivity index (χ1n) is 9.98. The molecular weight excluding hydrogens is 400 g/mol. The third kappa shape index (κ3) is 4.54. The second-order valence-electron chi connectivity index (χ2n) is 7.20. The number of amides is 1. The first kappa shape index (κ1) is 20.2. The van der Waals surface area contributed by atoms with Crippen molar-refractivity contribution in [2.45, 2.75) is 19.3 Å². The number of rotatable bonds is 5. The van der Waals surface area contributed by atoms with E-state index in [2.05, 4.69) is 20.4 Å². The Morgan fingerprint density at radius 2 is 1.77 bits per heavy atom. The van der Waals surface area contributed by atoms with Crippen LogP contribution in [0, 0.1) is 0 Å². The molecule has 0 aliphatic carbocycles. The minimum atomic E-state index is -0.284. The molecule has 2 heterocycles. The quantitative estimate of drug-likeness (QED) is 0.623. The molecule has 1 aromatic heterocycles. The predicted octanol–water partition coefficient (Wildman–Crippen LogP) is 5.05. The van der Waals surface area contributed by atoms with Gasteiger partial charge >= 0.3 is 0 Å².